The summed E-state index contributed by atoms with van der Waals surface area (Å²) in [6, 6.07) is 6.51. The molecule has 23 heavy (non-hydrogen) atoms. The summed E-state index contributed by atoms with van der Waals surface area (Å²) in [6.07, 6.45) is 4.49. The number of carbonyl (C=O) groups excluding carboxylic acids is 3. The van der Waals surface area contributed by atoms with E-state index in [1.54, 1.807) is 24.3 Å². The van der Waals surface area contributed by atoms with Crippen LogP contribution in [-0.4, -0.2) is 17.7 Å². The second-order valence-corrected chi connectivity index (χ2v) is 5.33. The molecule has 0 radical (unpaired) electrons. The van der Waals surface area contributed by atoms with Gasteiger partial charge >= 0.3 is 0 Å². The molecule has 0 unspecified atom stereocenters. The Kier molecular flexibility index (Phi) is 8.42. The first-order chi connectivity index (χ1) is 11.1. The molecule has 0 saturated heterocycles. The first-order valence-corrected chi connectivity index (χ1v) is 8.06. The van der Waals surface area contributed by atoms with Crippen LogP contribution >= 0.6 is 0 Å². The molecule has 1 rings (SSSR count). The first-order valence-electron chi connectivity index (χ1n) is 8.06. The molecular formula is C17H25N3O3. The van der Waals surface area contributed by atoms with E-state index < -0.39 is 0 Å². The van der Waals surface area contributed by atoms with Crippen molar-refractivity contribution < 1.29 is 14.4 Å². The number of hydrogen-bond donors (Lipinski definition) is 3. The van der Waals surface area contributed by atoms with Gasteiger partial charge < -0.3 is 5.32 Å². The van der Waals surface area contributed by atoms with E-state index in [0.29, 0.717) is 24.1 Å². The molecule has 1 aromatic carbocycles. The van der Waals surface area contributed by atoms with Crippen LogP contribution in [0.5, 0.6) is 0 Å². The molecular weight excluding hydrogens is 294 g/mol. The average molecular weight is 319 g/mol. The summed E-state index contributed by atoms with van der Waals surface area (Å²) < 4.78 is 0. The van der Waals surface area contributed by atoms with E-state index in [9.17, 15) is 14.4 Å². The zero-order chi connectivity index (χ0) is 17.1. The number of benzene rings is 1. The van der Waals surface area contributed by atoms with Crippen LogP contribution in [-0.2, 0) is 9.59 Å². The van der Waals surface area contributed by atoms with E-state index in [4.69, 9.17) is 0 Å². The Labute approximate surface area is 137 Å². The van der Waals surface area contributed by atoms with Crippen molar-refractivity contribution in [2.45, 2.75) is 52.4 Å². The highest BCUT2D eigenvalue weighted by Crippen LogP contribution is 2.10. The Balaban J connectivity index is 2.42. The van der Waals surface area contributed by atoms with Crippen LogP contribution < -0.4 is 16.2 Å². The van der Waals surface area contributed by atoms with E-state index in [-0.39, 0.29) is 17.7 Å². The fourth-order valence-electron chi connectivity index (χ4n) is 1.95. The number of unbranched alkanes of at least 4 members (excludes halogenated alkanes) is 2. The molecule has 0 aliphatic rings. The third-order valence-corrected chi connectivity index (χ3v) is 3.23. The lowest BCUT2D eigenvalue weighted by atomic mass is 10.2. The van der Waals surface area contributed by atoms with Crippen molar-refractivity contribution in [3.05, 3.63) is 29.8 Å². The summed E-state index contributed by atoms with van der Waals surface area (Å²) in [5, 5.41) is 2.75. The molecule has 0 heterocycles. The van der Waals surface area contributed by atoms with Crippen molar-refractivity contribution in [2.24, 2.45) is 0 Å². The number of nitrogens with one attached hydrogen (secondary N) is 3. The molecule has 3 N–H and O–H groups in total. The molecule has 3 amide bonds. The highest BCUT2D eigenvalue weighted by atomic mass is 16.2. The van der Waals surface area contributed by atoms with Crippen molar-refractivity contribution in [1.29, 1.82) is 0 Å². The number of hydrogen-bond acceptors (Lipinski definition) is 3. The number of carbonyl (C=O) groups is 3. The quantitative estimate of drug-likeness (QED) is 0.508. The summed E-state index contributed by atoms with van der Waals surface area (Å²) in [5.41, 5.74) is 5.83. The minimum absolute atomic E-state index is 0.0518. The van der Waals surface area contributed by atoms with Gasteiger partial charge in [0.25, 0.3) is 5.91 Å². The van der Waals surface area contributed by atoms with Crippen LogP contribution in [0, 0.1) is 0 Å². The van der Waals surface area contributed by atoms with Gasteiger partial charge in [-0.25, -0.2) is 0 Å². The topological polar surface area (TPSA) is 87.3 Å². The maximum Gasteiger partial charge on any atom is 0.269 e. The van der Waals surface area contributed by atoms with E-state index >= 15 is 0 Å². The minimum atomic E-state index is -0.389. The van der Waals surface area contributed by atoms with Crippen LogP contribution in [0.1, 0.15) is 62.7 Å². The molecule has 0 bridgehead atoms. The van der Waals surface area contributed by atoms with Crippen LogP contribution in [0.15, 0.2) is 24.3 Å². The van der Waals surface area contributed by atoms with Gasteiger partial charge in [0.1, 0.15) is 0 Å². The van der Waals surface area contributed by atoms with Crippen LogP contribution in [0.25, 0.3) is 0 Å². The van der Waals surface area contributed by atoms with Crippen molar-refractivity contribution in [2.75, 3.05) is 5.32 Å². The fourth-order valence-corrected chi connectivity index (χ4v) is 1.95. The normalized spacial score (nSPS) is 10.0. The monoisotopic (exact) mass is 319 g/mol. The number of amides is 3. The average Bonchev–Trinajstić information content (AvgIpc) is 2.54. The van der Waals surface area contributed by atoms with Gasteiger partial charge in [0, 0.05) is 24.1 Å². The van der Waals surface area contributed by atoms with Crippen LogP contribution in [0.4, 0.5) is 5.69 Å². The van der Waals surface area contributed by atoms with Crippen molar-refractivity contribution in [3.8, 4) is 0 Å². The zero-order valence-electron chi connectivity index (χ0n) is 13.8. The third-order valence-electron chi connectivity index (χ3n) is 3.23. The zero-order valence-corrected chi connectivity index (χ0v) is 13.8. The number of rotatable bonds is 8. The first kappa shape index (κ1) is 18.7. The van der Waals surface area contributed by atoms with Gasteiger partial charge in [0.2, 0.25) is 11.8 Å². The standard InChI is InChI=1S/C17H25N3O3/c1-3-5-6-8-16(22)19-20-17(23)13-9-11-14(12-10-13)18-15(21)7-4-2/h9-12H,3-8H2,1-2H3,(H,18,21)(H,19,22)(H,20,23). The van der Waals surface area contributed by atoms with Crippen molar-refractivity contribution in [1.82, 2.24) is 10.9 Å². The highest BCUT2D eigenvalue weighted by Gasteiger charge is 2.08. The van der Waals surface area contributed by atoms with Crippen LogP contribution in [0.2, 0.25) is 0 Å². The van der Waals surface area contributed by atoms with Gasteiger partial charge in [-0.2, -0.15) is 0 Å². The number of anilines is 1. The predicted octanol–water partition coefficient (Wildman–Crippen LogP) is 2.77. The van der Waals surface area contributed by atoms with E-state index in [0.717, 1.165) is 25.7 Å². The molecule has 0 aromatic heterocycles. The summed E-state index contributed by atoms with van der Waals surface area (Å²) >= 11 is 0. The summed E-state index contributed by atoms with van der Waals surface area (Å²) in [6.45, 7) is 4.00. The lowest BCUT2D eigenvalue weighted by molar-refractivity contribution is -0.122. The predicted molar refractivity (Wildman–Crippen MR) is 89.7 cm³/mol. The van der Waals surface area contributed by atoms with Gasteiger partial charge in [-0.05, 0) is 37.1 Å². The SMILES string of the molecule is CCCCCC(=O)NNC(=O)c1ccc(NC(=O)CCC)cc1. The molecule has 0 fully saturated rings. The molecule has 0 spiro atoms. The Bertz CT molecular complexity index is 526. The van der Waals surface area contributed by atoms with Crippen molar-refractivity contribution >= 4 is 23.4 Å². The molecule has 126 valence electrons. The molecule has 0 aliphatic heterocycles. The second kappa shape index (κ2) is 10.4. The Hall–Kier alpha value is -2.37. The molecule has 0 saturated carbocycles. The smallest absolute Gasteiger partial charge is 0.269 e. The maximum atomic E-state index is 11.9. The van der Waals surface area contributed by atoms with Crippen molar-refractivity contribution in [3.63, 3.8) is 0 Å². The lowest BCUT2D eigenvalue weighted by Crippen LogP contribution is -2.41. The van der Waals surface area contributed by atoms with Gasteiger partial charge in [-0.3, -0.25) is 25.2 Å². The number of hydrazine groups is 1. The third kappa shape index (κ3) is 7.44. The highest BCUT2D eigenvalue weighted by molar-refractivity contribution is 5.96. The lowest BCUT2D eigenvalue weighted by Gasteiger charge is -2.08. The van der Waals surface area contributed by atoms with Gasteiger partial charge in [0.15, 0.2) is 0 Å². The molecule has 6 heteroatoms. The van der Waals surface area contributed by atoms with E-state index in [2.05, 4.69) is 23.1 Å². The second-order valence-electron chi connectivity index (χ2n) is 5.33. The molecule has 6 nitrogen and oxygen atoms in total. The molecule has 0 atom stereocenters. The Morgan fingerprint density at radius 3 is 2.13 bits per heavy atom. The largest absolute Gasteiger partial charge is 0.326 e. The van der Waals surface area contributed by atoms with E-state index in [1.807, 2.05) is 6.92 Å². The van der Waals surface area contributed by atoms with Crippen LogP contribution in [0.3, 0.4) is 0 Å². The summed E-state index contributed by atoms with van der Waals surface area (Å²) in [5.74, 6) is -0.639. The molecule has 1 aromatic rings. The summed E-state index contributed by atoms with van der Waals surface area (Å²) in [4.78, 5) is 34.9. The minimum Gasteiger partial charge on any atom is -0.326 e. The van der Waals surface area contributed by atoms with Gasteiger partial charge in [-0.1, -0.05) is 26.7 Å². The summed E-state index contributed by atoms with van der Waals surface area (Å²) in [7, 11) is 0. The Morgan fingerprint density at radius 2 is 1.52 bits per heavy atom. The molecule has 0 aliphatic carbocycles. The fraction of sp³-hybridized carbons (Fsp3) is 0.471. The van der Waals surface area contributed by atoms with Gasteiger partial charge in [-0.15, -0.1) is 0 Å². The Morgan fingerprint density at radius 1 is 0.826 bits per heavy atom. The van der Waals surface area contributed by atoms with E-state index in [1.165, 1.54) is 0 Å². The van der Waals surface area contributed by atoms with Gasteiger partial charge in [0.05, 0.1) is 0 Å². The maximum absolute atomic E-state index is 11.9.